The van der Waals surface area contributed by atoms with Gasteiger partial charge in [0.15, 0.2) is 4.80 Å². The van der Waals surface area contributed by atoms with Gasteiger partial charge in [-0.15, -0.1) is 11.3 Å². The molecule has 2 aromatic heterocycles. The Labute approximate surface area is 207 Å². The third kappa shape index (κ3) is 3.48. The molecule has 1 atom stereocenters. The van der Waals surface area contributed by atoms with Gasteiger partial charge in [0.25, 0.3) is 17.4 Å². The summed E-state index contributed by atoms with van der Waals surface area (Å²) < 4.78 is 1.85. The highest BCUT2D eigenvalue weighted by molar-refractivity contribution is 7.10. The van der Waals surface area contributed by atoms with E-state index in [1.54, 1.807) is 23.6 Å². The van der Waals surface area contributed by atoms with E-state index in [1.165, 1.54) is 22.7 Å². The molecule has 0 bridgehead atoms. The Morgan fingerprint density at radius 2 is 1.80 bits per heavy atom. The predicted octanol–water partition coefficient (Wildman–Crippen LogP) is 3.26. The second-order valence-corrected chi connectivity index (χ2v) is 10.1. The first-order chi connectivity index (χ1) is 17.0. The third-order valence-electron chi connectivity index (χ3n) is 5.98. The van der Waals surface area contributed by atoms with E-state index in [-0.39, 0.29) is 17.4 Å². The van der Waals surface area contributed by atoms with Crippen molar-refractivity contribution in [1.82, 2.24) is 4.57 Å². The van der Waals surface area contributed by atoms with Crippen LogP contribution in [-0.4, -0.2) is 16.4 Å². The van der Waals surface area contributed by atoms with Gasteiger partial charge in [0.1, 0.15) is 10.6 Å². The molecule has 0 saturated heterocycles. The quantitative estimate of drug-likeness (QED) is 0.454. The number of allylic oxidation sites excluding steroid dienone is 1. The van der Waals surface area contributed by atoms with Crippen LogP contribution in [0.2, 0.25) is 0 Å². The highest BCUT2D eigenvalue weighted by Gasteiger charge is 2.34. The maximum atomic E-state index is 13.9. The fourth-order valence-electron chi connectivity index (χ4n) is 4.44. The minimum Gasteiger partial charge on any atom is -0.322 e. The molecule has 4 heterocycles. The summed E-state index contributed by atoms with van der Waals surface area (Å²) in [6, 6.07) is 19.6. The minimum atomic E-state index is -0.649. The van der Waals surface area contributed by atoms with Crippen molar-refractivity contribution in [2.45, 2.75) is 13.0 Å². The summed E-state index contributed by atoms with van der Waals surface area (Å²) in [6.45, 7) is 1.78. The molecule has 2 N–H and O–H groups in total. The van der Waals surface area contributed by atoms with Gasteiger partial charge < -0.3 is 10.6 Å². The molecule has 9 heteroatoms. The van der Waals surface area contributed by atoms with E-state index in [2.05, 4.69) is 15.6 Å². The van der Waals surface area contributed by atoms with Crippen molar-refractivity contribution in [1.29, 1.82) is 0 Å². The molecule has 0 unspecified atom stereocenters. The molecule has 0 radical (unpaired) electrons. The number of thiophene rings is 1. The zero-order chi connectivity index (χ0) is 24.1. The van der Waals surface area contributed by atoms with Crippen LogP contribution in [0, 0.1) is 0 Å². The lowest BCUT2D eigenvalue weighted by Gasteiger charge is -2.24. The Hall–Kier alpha value is -4.08. The number of hydrogen-bond donors (Lipinski definition) is 2. The van der Waals surface area contributed by atoms with Gasteiger partial charge in [0.05, 0.1) is 16.8 Å². The molecular weight excluding hydrogens is 480 g/mol. The minimum absolute atomic E-state index is 0.310. The number of benzene rings is 2. The molecule has 0 saturated carbocycles. The number of nitrogens with one attached hydrogen (secondary N) is 2. The number of anilines is 2. The average molecular weight is 499 g/mol. The third-order valence-corrected chi connectivity index (χ3v) is 7.96. The molecule has 2 aromatic carbocycles. The summed E-state index contributed by atoms with van der Waals surface area (Å²) in [7, 11) is 0. The van der Waals surface area contributed by atoms with Gasteiger partial charge in [-0.1, -0.05) is 53.8 Å². The first kappa shape index (κ1) is 21.5. The number of thiazole rings is 1. The van der Waals surface area contributed by atoms with E-state index in [9.17, 15) is 14.4 Å². The van der Waals surface area contributed by atoms with Crippen molar-refractivity contribution < 1.29 is 9.59 Å². The van der Waals surface area contributed by atoms with Gasteiger partial charge in [-0.2, -0.15) is 0 Å². The first-order valence-electron chi connectivity index (χ1n) is 10.9. The molecule has 6 rings (SSSR count). The molecule has 0 spiro atoms. The standard InChI is InChI=1S/C26H18N4O3S2/c1-14-19(23(31)28-15-8-3-2-4-9-15)21(18-12-7-13-34-18)30-25(33)22(35-26(30)27-14)20-16-10-5-6-11-17(16)29-24(20)32/h2-13,21H,1H3,(H,28,31)(H,29,32)/t21-/m0/s1. The average Bonchev–Trinajstić information content (AvgIpc) is 3.56. The first-order valence-corrected chi connectivity index (χ1v) is 12.6. The summed E-state index contributed by atoms with van der Waals surface area (Å²) in [5.74, 6) is -0.639. The zero-order valence-electron chi connectivity index (χ0n) is 18.4. The molecule has 2 amide bonds. The maximum absolute atomic E-state index is 13.9. The highest BCUT2D eigenvalue weighted by atomic mass is 32.1. The monoisotopic (exact) mass is 498 g/mol. The Morgan fingerprint density at radius 3 is 2.57 bits per heavy atom. The SMILES string of the molecule is CC1=C(C(=O)Nc2ccccc2)[C@H](c2cccs2)n2c(sc(=C3C(=O)Nc4ccccc43)c2=O)=N1. The van der Waals surface area contributed by atoms with E-state index in [4.69, 9.17) is 0 Å². The number of para-hydroxylation sites is 2. The largest absolute Gasteiger partial charge is 0.322 e. The molecule has 2 aliphatic heterocycles. The summed E-state index contributed by atoms with van der Waals surface area (Å²) in [5.41, 5.74) is 2.95. The van der Waals surface area contributed by atoms with E-state index >= 15 is 0 Å². The van der Waals surface area contributed by atoms with Gasteiger partial charge in [0.2, 0.25) is 0 Å². The van der Waals surface area contributed by atoms with Crippen LogP contribution in [-0.2, 0) is 9.59 Å². The Balaban J connectivity index is 1.57. The van der Waals surface area contributed by atoms with Gasteiger partial charge in [-0.05, 0) is 36.6 Å². The van der Waals surface area contributed by atoms with Crippen LogP contribution in [0.4, 0.5) is 11.4 Å². The van der Waals surface area contributed by atoms with Gasteiger partial charge >= 0.3 is 0 Å². The van der Waals surface area contributed by atoms with Gasteiger partial charge in [-0.3, -0.25) is 19.0 Å². The summed E-state index contributed by atoms with van der Waals surface area (Å²) in [6.07, 6.45) is 0. The second kappa shape index (κ2) is 8.30. The number of aromatic nitrogens is 1. The highest BCUT2D eigenvalue weighted by Crippen LogP contribution is 2.34. The number of fused-ring (bicyclic) bond motifs is 2. The number of carbonyl (C=O) groups excluding carboxylic acids is 2. The molecule has 2 aliphatic rings. The fourth-order valence-corrected chi connectivity index (χ4v) is 6.41. The molecular formula is C26H18N4O3S2. The van der Waals surface area contributed by atoms with E-state index < -0.39 is 6.04 Å². The lowest BCUT2D eigenvalue weighted by molar-refractivity contribution is -0.113. The van der Waals surface area contributed by atoms with Crippen LogP contribution in [0.15, 0.2) is 93.2 Å². The predicted molar refractivity (Wildman–Crippen MR) is 137 cm³/mol. The van der Waals surface area contributed by atoms with Gasteiger partial charge in [0, 0.05) is 21.8 Å². The van der Waals surface area contributed by atoms with Crippen LogP contribution < -0.4 is 25.5 Å². The lowest BCUT2D eigenvalue weighted by atomic mass is 10.0. The second-order valence-electron chi connectivity index (χ2n) is 8.11. The fraction of sp³-hybridized carbons (Fsp3) is 0.0769. The molecule has 172 valence electrons. The van der Waals surface area contributed by atoms with Crippen molar-refractivity contribution in [3.8, 4) is 0 Å². The normalized spacial score (nSPS) is 18.0. The molecule has 35 heavy (non-hydrogen) atoms. The Kier molecular flexibility index (Phi) is 5.09. The summed E-state index contributed by atoms with van der Waals surface area (Å²) in [5, 5.41) is 7.68. The summed E-state index contributed by atoms with van der Waals surface area (Å²) >= 11 is 2.64. The van der Waals surface area contributed by atoms with Crippen molar-refractivity contribution in [3.63, 3.8) is 0 Å². The van der Waals surface area contributed by atoms with Crippen LogP contribution >= 0.6 is 22.7 Å². The van der Waals surface area contributed by atoms with Crippen LogP contribution in [0.5, 0.6) is 0 Å². The van der Waals surface area contributed by atoms with Crippen molar-refractivity contribution in [2.24, 2.45) is 4.99 Å². The molecule has 0 fully saturated rings. The lowest BCUT2D eigenvalue weighted by Crippen LogP contribution is -2.41. The zero-order valence-corrected chi connectivity index (χ0v) is 20.1. The smallest absolute Gasteiger partial charge is 0.272 e. The van der Waals surface area contributed by atoms with Gasteiger partial charge in [-0.25, -0.2) is 4.99 Å². The number of rotatable bonds is 3. The number of hydrogen-bond acceptors (Lipinski definition) is 6. The van der Waals surface area contributed by atoms with E-state index in [1.807, 2.05) is 60.0 Å². The van der Waals surface area contributed by atoms with Crippen LogP contribution in [0.25, 0.3) is 5.57 Å². The van der Waals surface area contributed by atoms with Crippen molar-refractivity contribution in [3.05, 3.63) is 114 Å². The van der Waals surface area contributed by atoms with Crippen LogP contribution in [0.3, 0.4) is 0 Å². The van der Waals surface area contributed by atoms with Crippen molar-refractivity contribution >= 4 is 51.4 Å². The molecule has 4 aromatic rings. The van der Waals surface area contributed by atoms with Crippen LogP contribution in [0.1, 0.15) is 23.4 Å². The molecule has 7 nitrogen and oxygen atoms in total. The maximum Gasteiger partial charge on any atom is 0.272 e. The number of amides is 2. The topological polar surface area (TPSA) is 92.6 Å². The van der Waals surface area contributed by atoms with E-state index in [0.717, 1.165) is 4.88 Å². The summed E-state index contributed by atoms with van der Waals surface area (Å²) in [4.78, 5) is 46.1. The number of nitrogens with zero attached hydrogens (tertiary/aromatic N) is 2. The Morgan fingerprint density at radius 1 is 1.03 bits per heavy atom. The Bertz CT molecular complexity index is 1710. The van der Waals surface area contributed by atoms with Crippen molar-refractivity contribution in [2.75, 3.05) is 10.6 Å². The van der Waals surface area contributed by atoms with E-state index in [0.29, 0.717) is 43.1 Å². The molecule has 0 aliphatic carbocycles. The number of carbonyl (C=O) groups is 2.